The summed E-state index contributed by atoms with van der Waals surface area (Å²) in [5, 5.41) is 0.744. The Morgan fingerprint density at radius 2 is 1.76 bits per heavy atom. The third-order valence-electron chi connectivity index (χ3n) is 3.13. The number of halogens is 1. The van der Waals surface area contributed by atoms with Crippen LogP contribution in [0.3, 0.4) is 0 Å². The number of hydrogen-bond donors (Lipinski definition) is 0. The molecule has 3 aromatic rings. The first-order valence-electron chi connectivity index (χ1n) is 6.71. The number of hydrogen-bond acceptors (Lipinski definition) is 3. The fourth-order valence-corrected chi connectivity index (χ4v) is 2.21. The monoisotopic (exact) mass is 295 g/mol. The number of pyridine rings is 1. The molecule has 21 heavy (non-hydrogen) atoms. The molecule has 0 fully saturated rings. The van der Waals surface area contributed by atoms with Crippen molar-refractivity contribution in [3.8, 4) is 11.5 Å². The quantitative estimate of drug-likeness (QED) is 0.730. The predicted molar refractivity (Wildman–Crippen MR) is 84.3 cm³/mol. The second-order valence-electron chi connectivity index (χ2n) is 4.84. The molecular formula is C17H14ClN3. The van der Waals surface area contributed by atoms with Gasteiger partial charge >= 0.3 is 0 Å². The van der Waals surface area contributed by atoms with E-state index in [2.05, 4.69) is 15.0 Å². The summed E-state index contributed by atoms with van der Waals surface area (Å²) < 4.78 is 0. The van der Waals surface area contributed by atoms with Gasteiger partial charge in [0.25, 0.3) is 0 Å². The van der Waals surface area contributed by atoms with Crippen molar-refractivity contribution in [2.45, 2.75) is 13.3 Å². The highest BCUT2D eigenvalue weighted by molar-refractivity contribution is 6.30. The van der Waals surface area contributed by atoms with E-state index in [0.29, 0.717) is 5.82 Å². The van der Waals surface area contributed by atoms with E-state index in [1.54, 1.807) is 6.20 Å². The van der Waals surface area contributed by atoms with E-state index in [1.807, 2.05) is 55.5 Å². The van der Waals surface area contributed by atoms with E-state index >= 15 is 0 Å². The lowest BCUT2D eigenvalue weighted by molar-refractivity contribution is 1.04. The zero-order valence-electron chi connectivity index (χ0n) is 11.6. The van der Waals surface area contributed by atoms with Crippen LogP contribution in [0.4, 0.5) is 0 Å². The maximum atomic E-state index is 5.90. The fraction of sp³-hybridized carbons (Fsp3) is 0.118. The van der Waals surface area contributed by atoms with Gasteiger partial charge in [-0.25, -0.2) is 15.0 Å². The van der Waals surface area contributed by atoms with Gasteiger partial charge in [0.05, 0.1) is 0 Å². The summed E-state index contributed by atoms with van der Waals surface area (Å²) in [4.78, 5) is 13.3. The maximum absolute atomic E-state index is 5.90. The minimum Gasteiger partial charge on any atom is -0.249 e. The molecule has 2 aromatic heterocycles. The van der Waals surface area contributed by atoms with Crippen LogP contribution in [-0.4, -0.2) is 15.0 Å². The average molecular weight is 296 g/mol. The molecule has 0 saturated heterocycles. The molecule has 0 radical (unpaired) electrons. The van der Waals surface area contributed by atoms with E-state index in [0.717, 1.165) is 28.5 Å². The molecule has 4 heteroatoms. The Hall–Kier alpha value is -2.26. The number of benzene rings is 1. The Kier molecular flexibility index (Phi) is 3.93. The van der Waals surface area contributed by atoms with Crippen molar-refractivity contribution < 1.29 is 0 Å². The summed E-state index contributed by atoms with van der Waals surface area (Å²) >= 11 is 5.90. The second kappa shape index (κ2) is 6.02. The second-order valence-corrected chi connectivity index (χ2v) is 5.28. The van der Waals surface area contributed by atoms with Gasteiger partial charge in [-0.3, -0.25) is 0 Å². The minimum absolute atomic E-state index is 0.660. The van der Waals surface area contributed by atoms with Crippen molar-refractivity contribution in [3.63, 3.8) is 0 Å². The molecule has 3 rings (SSSR count). The molecule has 0 bridgehead atoms. The Morgan fingerprint density at radius 1 is 0.952 bits per heavy atom. The first-order valence-corrected chi connectivity index (χ1v) is 7.09. The number of aromatic nitrogens is 3. The molecule has 1 aromatic carbocycles. The highest BCUT2D eigenvalue weighted by atomic mass is 35.5. The van der Waals surface area contributed by atoms with Crippen LogP contribution in [0.1, 0.15) is 17.0 Å². The summed E-state index contributed by atoms with van der Waals surface area (Å²) in [5.41, 5.74) is 3.89. The molecule has 0 atom stereocenters. The van der Waals surface area contributed by atoms with Crippen LogP contribution in [0.2, 0.25) is 5.02 Å². The van der Waals surface area contributed by atoms with E-state index < -0.39 is 0 Å². The normalized spacial score (nSPS) is 10.6. The molecule has 104 valence electrons. The van der Waals surface area contributed by atoms with Crippen LogP contribution in [0.5, 0.6) is 0 Å². The van der Waals surface area contributed by atoms with Crippen LogP contribution in [0.25, 0.3) is 11.5 Å². The van der Waals surface area contributed by atoms with Crippen LogP contribution in [-0.2, 0) is 6.42 Å². The van der Waals surface area contributed by atoms with Crippen molar-refractivity contribution >= 4 is 11.6 Å². The minimum atomic E-state index is 0.660. The third-order valence-corrected chi connectivity index (χ3v) is 3.38. The van der Waals surface area contributed by atoms with Gasteiger partial charge in [0.15, 0.2) is 5.82 Å². The Morgan fingerprint density at radius 3 is 2.52 bits per heavy atom. The van der Waals surface area contributed by atoms with E-state index in [9.17, 15) is 0 Å². The predicted octanol–water partition coefficient (Wildman–Crippen LogP) is 4.09. The van der Waals surface area contributed by atoms with Crippen LogP contribution < -0.4 is 0 Å². The molecule has 3 nitrogen and oxygen atoms in total. The Balaban J connectivity index is 1.88. The molecule has 0 aliphatic rings. The van der Waals surface area contributed by atoms with E-state index in [1.165, 1.54) is 5.56 Å². The van der Waals surface area contributed by atoms with Gasteiger partial charge in [-0.1, -0.05) is 29.8 Å². The highest BCUT2D eigenvalue weighted by Gasteiger charge is 2.05. The first kappa shape index (κ1) is 13.7. The lowest BCUT2D eigenvalue weighted by Gasteiger charge is -2.05. The number of nitrogens with zero attached hydrogens (tertiary/aromatic N) is 3. The summed E-state index contributed by atoms with van der Waals surface area (Å²) in [6.45, 7) is 1.95. The third kappa shape index (κ3) is 3.44. The molecule has 2 heterocycles. The van der Waals surface area contributed by atoms with Gasteiger partial charge in [-0.15, -0.1) is 0 Å². The molecule has 0 N–H and O–H groups in total. The summed E-state index contributed by atoms with van der Waals surface area (Å²) in [6, 6.07) is 15.6. The van der Waals surface area contributed by atoms with Crippen molar-refractivity contribution in [3.05, 3.63) is 76.7 Å². The van der Waals surface area contributed by atoms with Gasteiger partial charge in [-0.2, -0.15) is 0 Å². The SMILES string of the molecule is Cc1ccnc(-c2cccc(Cc3ccc(Cl)cc3)n2)n1. The van der Waals surface area contributed by atoms with Crippen LogP contribution in [0, 0.1) is 6.92 Å². The molecule has 0 saturated carbocycles. The fourth-order valence-electron chi connectivity index (χ4n) is 2.09. The number of aryl methyl sites for hydroxylation is 1. The van der Waals surface area contributed by atoms with Gasteiger partial charge in [0, 0.05) is 29.0 Å². The molecule has 0 aliphatic heterocycles. The zero-order chi connectivity index (χ0) is 14.7. The maximum Gasteiger partial charge on any atom is 0.178 e. The lowest BCUT2D eigenvalue weighted by atomic mass is 10.1. The highest BCUT2D eigenvalue weighted by Crippen LogP contribution is 2.16. The molecule has 0 unspecified atom stereocenters. The smallest absolute Gasteiger partial charge is 0.178 e. The summed E-state index contributed by atoms with van der Waals surface area (Å²) in [6.07, 6.45) is 2.52. The Bertz CT molecular complexity index is 754. The molecular weight excluding hydrogens is 282 g/mol. The molecule has 0 amide bonds. The Labute approximate surface area is 128 Å². The summed E-state index contributed by atoms with van der Waals surface area (Å²) in [7, 11) is 0. The average Bonchev–Trinajstić information content (AvgIpc) is 2.50. The van der Waals surface area contributed by atoms with Gasteiger partial charge in [-0.05, 0) is 42.8 Å². The van der Waals surface area contributed by atoms with Crippen molar-refractivity contribution in [1.82, 2.24) is 15.0 Å². The molecule has 0 spiro atoms. The van der Waals surface area contributed by atoms with Gasteiger partial charge in [0.2, 0.25) is 0 Å². The van der Waals surface area contributed by atoms with Crippen molar-refractivity contribution in [2.75, 3.05) is 0 Å². The summed E-state index contributed by atoms with van der Waals surface area (Å²) in [5.74, 6) is 0.660. The van der Waals surface area contributed by atoms with Crippen LogP contribution >= 0.6 is 11.6 Å². The van der Waals surface area contributed by atoms with Crippen LogP contribution in [0.15, 0.2) is 54.7 Å². The van der Waals surface area contributed by atoms with Gasteiger partial charge < -0.3 is 0 Å². The molecule has 0 aliphatic carbocycles. The number of rotatable bonds is 3. The van der Waals surface area contributed by atoms with E-state index in [-0.39, 0.29) is 0 Å². The van der Waals surface area contributed by atoms with Gasteiger partial charge in [0.1, 0.15) is 5.69 Å². The topological polar surface area (TPSA) is 38.7 Å². The largest absolute Gasteiger partial charge is 0.249 e. The van der Waals surface area contributed by atoms with Crippen molar-refractivity contribution in [1.29, 1.82) is 0 Å². The zero-order valence-corrected chi connectivity index (χ0v) is 12.4. The van der Waals surface area contributed by atoms with Crippen molar-refractivity contribution in [2.24, 2.45) is 0 Å². The van der Waals surface area contributed by atoms with E-state index in [4.69, 9.17) is 11.6 Å². The first-order chi connectivity index (χ1) is 10.2. The lowest BCUT2D eigenvalue weighted by Crippen LogP contribution is -1.97. The standard InChI is InChI=1S/C17H14ClN3/c1-12-9-10-19-17(20-12)16-4-2-3-15(21-16)11-13-5-7-14(18)8-6-13/h2-10H,11H2,1H3.